The smallest absolute Gasteiger partial charge is 0.243 e. The maximum absolute atomic E-state index is 13.0. The number of aliphatic imine (C=N–C) groups is 1. The summed E-state index contributed by atoms with van der Waals surface area (Å²) < 4.78 is 27.5. The van der Waals surface area contributed by atoms with Gasteiger partial charge in [0.05, 0.1) is 11.4 Å². The first-order valence-electron chi connectivity index (χ1n) is 8.30. The van der Waals surface area contributed by atoms with Gasteiger partial charge in [0.15, 0.2) is 5.96 Å². The van der Waals surface area contributed by atoms with Crippen molar-refractivity contribution >= 4 is 16.0 Å². The second-order valence-electron chi connectivity index (χ2n) is 6.44. The van der Waals surface area contributed by atoms with Crippen LogP contribution in [-0.4, -0.2) is 62.9 Å². The van der Waals surface area contributed by atoms with E-state index in [9.17, 15) is 8.42 Å². The molecule has 24 heavy (non-hydrogen) atoms. The Bertz CT molecular complexity index is 707. The summed E-state index contributed by atoms with van der Waals surface area (Å²) in [6.07, 6.45) is 2.23. The molecule has 0 unspecified atom stereocenters. The molecule has 0 amide bonds. The number of nitrogens with one attached hydrogen (secondary N) is 1. The number of hydrogen-bond donors (Lipinski definition) is 2. The highest BCUT2D eigenvalue weighted by Crippen LogP contribution is 2.22. The SMILES string of the molecule is CN1CCN(S(=O)(=O)c2ccccc2CN=C(N)NC2CC2)CC1. The number of sulfonamides is 1. The van der Waals surface area contributed by atoms with Gasteiger partial charge < -0.3 is 16.0 Å². The molecule has 2 aliphatic rings. The van der Waals surface area contributed by atoms with E-state index >= 15 is 0 Å². The second-order valence-corrected chi connectivity index (χ2v) is 8.34. The molecular weight excluding hydrogens is 326 g/mol. The van der Waals surface area contributed by atoms with Crippen LogP contribution in [0.3, 0.4) is 0 Å². The monoisotopic (exact) mass is 351 g/mol. The molecule has 8 heteroatoms. The van der Waals surface area contributed by atoms with Gasteiger partial charge in [-0.25, -0.2) is 13.4 Å². The standard InChI is InChI=1S/C16H25N5O2S/c1-20-8-10-21(11-9-20)24(22,23)15-5-3-2-4-13(15)12-18-16(17)19-14-6-7-14/h2-5,14H,6-12H2,1H3,(H3,17,18,19). The van der Waals surface area contributed by atoms with Crippen LogP contribution in [0.2, 0.25) is 0 Å². The van der Waals surface area contributed by atoms with Gasteiger partial charge >= 0.3 is 0 Å². The van der Waals surface area contributed by atoms with E-state index in [1.54, 1.807) is 22.5 Å². The molecule has 1 aliphatic heterocycles. The number of benzene rings is 1. The predicted octanol–water partition coefficient (Wildman–Crippen LogP) is 0.189. The molecule has 0 aromatic heterocycles. The van der Waals surface area contributed by atoms with Gasteiger partial charge in [0.25, 0.3) is 0 Å². The average Bonchev–Trinajstić information content (AvgIpc) is 3.37. The Hall–Kier alpha value is -1.64. The van der Waals surface area contributed by atoms with Gasteiger partial charge in [0.2, 0.25) is 10.0 Å². The van der Waals surface area contributed by atoms with Crippen molar-refractivity contribution in [2.75, 3.05) is 33.2 Å². The number of likely N-dealkylation sites (N-methyl/N-ethyl adjacent to an activating group) is 1. The number of hydrogen-bond acceptors (Lipinski definition) is 4. The number of nitrogens with two attached hydrogens (primary N) is 1. The Morgan fingerprint density at radius 1 is 1.25 bits per heavy atom. The van der Waals surface area contributed by atoms with Crippen molar-refractivity contribution in [1.29, 1.82) is 0 Å². The Balaban J connectivity index is 1.77. The lowest BCUT2D eigenvalue weighted by molar-refractivity contribution is 0.222. The predicted molar refractivity (Wildman–Crippen MR) is 94.2 cm³/mol. The summed E-state index contributed by atoms with van der Waals surface area (Å²) >= 11 is 0. The summed E-state index contributed by atoms with van der Waals surface area (Å²) in [6.45, 7) is 2.79. The fourth-order valence-corrected chi connectivity index (χ4v) is 4.34. The summed E-state index contributed by atoms with van der Waals surface area (Å²) in [5.41, 5.74) is 6.53. The third kappa shape index (κ3) is 4.06. The van der Waals surface area contributed by atoms with Crippen LogP contribution in [0.25, 0.3) is 0 Å². The van der Waals surface area contributed by atoms with E-state index in [0.29, 0.717) is 35.5 Å². The minimum Gasteiger partial charge on any atom is -0.370 e. The van der Waals surface area contributed by atoms with Gasteiger partial charge in [0, 0.05) is 32.2 Å². The molecule has 0 radical (unpaired) electrons. The molecule has 2 fully saturated rings. The highest BCUT2D eigenvalue weighted by atomic mass is 32.2. The highest BCUT2D eigenvalue weighted by molar-refractivity contribution is 7.89. The van der Waals surface area contributed by atoms with Crippen molar-refractivity contribution in [3.05, 3.63) is 29.8 Å². The van der Waals surface area contributed by atoms with E-state index in [1.165, 1.54) is 0 Å². The Kier molecular flexibility index (Phi) is 5.07. The highest BCUT2D eigenvalue weighted by Gasteiger charge is 2.29. The van der Waals surface area contributed by atoms with Crippen molar-refractivity contribution in [1.82, 2.24) is 14.5 Å². The van der Waals surface area contributed by atoms with Crippen molar-refractivity contribution in [2.45, 2.75) is 30.3 Å². The number of piperazine rings is 1. The molecule has 0 atom stereocenters. The maximum atomic E-state index is 13.0. The van der Waals surface area contributed by atoms with Crippen molar-refractivity contribution in [3.8, 4) is 0 Å². The van der Waals surface area contributed by atoms with Crippen LogP contribution in [0.5, 0.6) is 0 Å². The Morgan fingerprint density at radius 3 is 2.58 bits per heavy atom. The fourth-order valence-electron chi connectivity index (χ4n) is 2.71. The zero-order valence-corrected chi connectivity index (χ0v) is 14.8. The van der Waals surface area contributed by atoms with E-state index in [1.807, 2.05) is 13.1 Å². The van der Waals surface area contributed by atoms with Crippen LogP contribution >= 0.6 is 0 Å². The quantitative estimate of drug-likeness (QED) is 0.584. The maximum Gasteiger partial charge on any atom is 0.243 e. The normalized spacial score (nSPS) is 21.0. The van der Waals surface area contributed by atoms with Crippen LogP contribution in [0.15, 0.2) is 34.2 Å². The molecule has 1 aromatic carbocycles. The van der Waals surface area contributed by atoms with E-state index < -0.39 is 10.0 Å². The van der Waals surface area contributed by atoms with Gasteiger partial charge in [-0.05, 0) is 31.5 Å². The summed E-state index contributed by atoms with van der Waals surface area (Å²) in [7, 11) is -1.50. The molecule has 1 aliphatic carbocycles. The molecule has 7 nitrogen and oxygen atoms in total. The first-order valence-corrected chi connectivity index (χ1v) is 9.74. The van der Waals surface area contributed by atoms with Crippen LogP contribution in [-0.2, 0) is 16.6 Å². The van der Waals surface area contributed by atoms with Gasteiger partial charge in [-0.1, -0.05) is 18.2 Å². The molecule has 132 valence electrons. The molecule has 1 saturated carbocycles. The summed E-state index contributed by atoms with van der Waals surface area (Å²) in [6, 6.07) is 7.47. The van der Waals surface area contributed by atoms with Gasteiger partial charge in [-0.2, -0.15) is 4.31 Å². The topological polar surface area (TPSA) is 91.0 Å². The van der Waals surface area contributed by atoms with Crippen molar-refractivity contribution < 1.29 is 8.42 Å². The Labute approximate surface area is 143 Å². The zero-order chi connectivity index (χ0) is 17.2. The van der Waals surface area contributed by atoms with Crippen molar-refractivity contribution in [2.24, 2.45) is 10.7 Å². The van der Waals surface area contributed by atoms with Crippen molar-refractivity contribution in [3.63, 3.8) is 0 Å². The van der Waals surface area contributed by atoms with E-state index in [0.717, 1.165) is 25.9 Å². The third-order valence-electron chi connectivity index (χ3n) is 4.40. The zero-order valence-electron chi connectivity index (χ0n) is 14.0. The van der Waals surface area contributed by atoms with Gasteiger partial charge in [0.1, 0.15) is 0 Å². The van der Waals surface area contributed by atoms with Gasteiger partial charge in [-0.3, -0.25) is 0 Å². The molecular formula is C16H25N5O2S. The minimum atomic E-state index is -3.50. The summed E-state index contributed by atoms with van der Waals surface area (Å²) in [4.78, 5) is 6.76. The number of nitrogens with zero attached hydrogens (tertiary/aromatic N) is 3. The molecule has 0 spiro atoms. The largest absolute Gasteiger partial charge is 0.370 e. The van der Waals surface area contributed by atoms with Crippen LogP contribution in [0.1, 0.15) is 18.4 Å². The summed E-state index contributed by atoms with van der Waals surface area (Å²) in [5.74, 6) is 0.379. The first-order chi connectivity index (χ1) is 11.5. The van der Waals surface area contributed by atoms with Crippen LogP contribution < -0.4 is 11.1 Å². The number of rotatable bonds is 5. The lowest BCUT2D eigenvalue weighted by Gasteiger charge is -2.32. The Morgan fingerprint density at radius 2 is 1.92 bits per heavy atom. The molecule has 1 heterocycles. The third-order valence-corrected chi connectivity index (χ3v) is 6.40. The van der Waals surface area contributed by atoms with Crippen LogP contribution in [0.4, 0.5) is 0 Å². The second kappa shape index (κ2) is 7.08. The fraction of sp³-hybridized carbons (Fsp3) is 0.562. The summed E-state index contributed by atoms with van der Waals surface area (Å²) in [5, 5.41) is 3.11. The van der Waals surface area contributed by atoms with Gasteiger partial charge in [-0.15, -0.1) is 0 Å². The van der Waals surface area contributed by atoms with E-state index in [2.05, 4.69) is 15.2 Å². The van der Waals surface area contributed by atoms with E-state index in [4.69, 9.17) is 5.73 Å². The lowest BCUT2D eigenvalue weighted by Crippen LogP contribution is -2.47. The molecule has 1 aromatic rings. The lowest BCUT2D eigenvalue weighted by atomic mass is 10.2. The van der Waals surface area contributed by atoms with Crippen LogP contribution in [0, 0.1) is 0 Å². The minimum absolute atomic E-state index is 0.259. The van der Waals surface area contributed by atoms with E-state index in [-0.39, 0.29) is 6.54 Å². The number of guanidine groups is 1. The molecule has 0 bridgehead atoms. The molecule has 1 saturated heterocycles. The average molecular weight is 351 g/mol. The molecule has 3 rings (SSSR count). The first kappa shape index (κ1) is 17.2. The molecule has 3 N–H and O–H groups in total.